The number of carbonyl (C=O) groups is 1. The van der Waals surface area contributed by atoms with E-state index in [1.54, 1.807) is 6.92 Å². The second-order valence-electron chi connectivity index (χ2n) is 4.27. The van der Waals surface area contributed by atoms with E-state index in [1.807, 2.05) is 19.1 Å². The number of aryl methyl sites for hydroxylation is 1. The third-order valence-electron chi connectivity index (χ3n) is 2.89. The molecule has 0 saturated carbocycles. The van der Waals surface area contributed by atoms with Crippen LogP contribution in [0.5, 0.6) is 0 Å². The van der Waals surface area contributed by atoms with Crippen LogP contribution in [-0.4, -0.2) is 30.6 Å². The Kier molecular flexibility index (Phi) is 3.61. The zero-order chi connectivity index (χ0) is 12.3. The Labute approximate surface area is 102 Å². The van der Waals surface area contributed by atoms with Gasteiger partial charge in [-0.1, -0.05) is 0 Å². The molecule has 0 unspecified atom stereocenters. The van der Waals surface area contributed by atoms with Crippen LogP contribution in [0.2, 0.25) is 0 Å². The predicted molar refractivity (Wildman–Crippen MR) is 66.4 cm³/mol. The molecule has 0 bridgehead atoms. The summed E-state index contributed by atoms with van der Waals surface area (Å²) < 4.78 is 4.98. The molecule has 1 aromatic heterocycles. The minimum absolute atomic E-state index is 0.336. The van der Waals surface area contributed by atoms with E-state index < -0.39 is 0 Å². The number of hydrogen-bond acceptors (Lipinski definition) is 4. The highest BCUT2D eigenvalue weighted by Gasteiger charge is 2.16. The summed E-state index contributed by atoms with van der Waals surface area (Å²) in [5.41, 5.74) is 2.35. The highest BCUT2D eigenvalue weighted by molar-refractivity contribution is 5.88. The number of aromatic nitrogens is 1. The third-order valence-corrected chi connectivity index (χ3v) is 2.89. The van der Waals surface area contributed by atoms with Crippen molar-refractivity contribution in [3.8, 4) is 0 Å². The number of anilines is 1. The van der Waals surface area contributed by atoms with Crippen LogP contribution in [0.3, 0.4) is 0 Å². The van der Waals surface area contributed by atoms with Gasteiger partial charge in [0.1, 0.15) is 0 Å². The van der Waals surface area contributed by atoms with Gasteiger partial charge >= 0.3 is 5.97 Å². The van der Waals surface area contributed by atoms with Crippen molar-refractivity contribution in [2.45, 2.75) is 26.7 Å². The van der Waals surface area contributed by atoms with Crippen LogP contribution in [0.4, 0.5) is 5.69 Å². The average molecular weight is 234 g/mol. The summed E-state index contributed by atoms with van der Waals surface area (Å²) in [5.74, 6) is -0.336. The first-order chi connectivity index (χ1) is 8.20. The van der Waals surface area contributed by atoms with E-state index in [-0.39, 0.29) is 5.97 Å². The maximum absolute atomic E-state index is 11.7. The highest BCUT2D eigenvalue weighted by Crippen LogP contribution is 2.21. The molecule has 17 heavy (non-hydrogen) atoms. The summed E-state index contributed by atoms with van der Waals surface area (Å²) in [4.78, 5) is 18.2. The first-order valence-electron chi connectivity index (χ1n) is 6.11. The largest absolute Gasteiger partial charge is 0.461 e. The minimum Gasteiger partial charge on any atom is -0.461 e. The Morgan fingerprint density at radius 1 is 1.41 bits per heavy atom. The van der Waals surface area contributed by atoms with E-state index in [9.17, 15) is 4.79 Å². The van der Waals surface area contributed by atoms with Crippen molar-refractivity contribution in [2.24, 2.45) is 0 Å². The lowest BCUT2D eigenvalue weighted by Crippen LogP contribution is -2.19. The van der Waals surface area contributed by atoms with E-state index in [2.05, 4.69) is 9.88 Å². The van der Waals surface area contributed by atoms with Gasteiger partial charge in [-0.25, -0.2) is 9.78 Å². The van der Waals surface area contributed by atoms with Crippen LogP contribution in [-0.2, 0) is 4.74 Å². The van der Waals surface area contributed by atoms with Gasteiger partial charge in [-0.3, -0.25) is 0 Å². The molecule has 0 aliphatic carbocycles. The zero-order valence-electron chi connectivity index (χ0n) is 10.4. The number of esters is 1. The van der Waals surface area contributed by atoms with Gasteiger partial charge in [-0.05, 0) is 38.8 Å². The molecule has 0 atom stereocenters. The normalized spacial score (nSPS) is 15.1. The molecule has 1 aromatic rings. The molecule has 0 aromatic carbocycles. The SMILES string of the molecule is CCOC(=O)c1cc(N2CCCC2)cc(C)n1. The van der Waals surface area contributed by atoms with Crippen molar-refractivity contribution in [2.75, 3.05) is 24.6 Å². The summed E-state index contributed by atoms with van der Waals surface area (Å²) in [7, 11) is 0. The average Bonchev–Trinajstić information content (AvgIpc) is 2.82. The van der Waals surface area contributed by atoms with Gasteiger partial charge in [-0.15, -0.1) is 0 Å². The van der Waals surface area contributed by atoms with Gasteiger partial charge in [0.2, 0.25) is 0 Å². The number of pyridine rings is 1. The maximum Gasteiger partial charge on any atom is 0.356 e. The number of rotatable bonds is 3. The Bertz CT molecular complexity index is 412. The number of carbonyl (C=O) groups excluding carboxylic acids is 1. The number of hydrogen-bond donors (Lipinski definition) is 0. The fourth-order valence-electron chi connectivity index (χ4n) is 2.12. The lowest BCUT2D eigenvalue weighted by molar-refractivity contribution is 0.0519. The lowest BCUT2D eigenvalue weighted by Gasteiger charge is -2.18. The fraction of sp³-hybridized carbons (Fsp3) is 0.538. The standard InChI is InChI=1S/C13H18N2O2/c1-3-17-13(16)12-9-11(8-10(2)14-12)15-6-4-5-7-15/h8-9H,3-7H2,1-2H3. The van der Waals surface area contributed by atoms with Gasteiger partial charge in [-0.2, -0.15) is 0 Å². The summed E-state index contributed by atoms with van der Waals surface area (Å²) in [6, 6.07) is 3.85. The Hall–Kier alpha value is -1.58. The van der Waals surface area contributed by atoms with E-state index in [1.165, 1.54) is 12.8 Å². The molecular formula is C13H18N2O2. The summed E-state index contributed by atoms with van der Waals surface area (Å²) in [5, 5.41) is 0. The van der Waals surface area contributed by atoms with Crippen molar-refractivity contribution >= 4 is 11.7 Å². The second kappa shape index (κ2) is 5.17. The van der Waals surface area contributed by atoms with Crippen molar-refractivity contribution in [3.63, 3.8) is 0 Å². The smallest absolute Gasteiger partial charge is 0.356 e. The summed E-state index contributed by atoms with van der Waals surface area (Å²) in [6.45, 7) is 6.21. The van der Waals surface area contributed by atoms with Crippen molar-refractivity contribution < 1.29 is 9.53 Å². The maximum atomic E-state index is 11.7. The van der Waals surface area contributed by atoms with Gasteiger partial charge in [0.15, 0.2) is 5.69 Å². The van der Waals surface area contributed by atoms with Crippen molar-refractivity contribution in [1.82, 2.24) is 4.98 Å². The highest BCUT2D eigenvalue weighted by atomic mass is 16.5. The molecule has 2 rings (SSSR count). The van der Waals surface area contributed by atoms with Crippen molar-refractivity contribution in [3.05, 3.63) is 23.5 Å². The molecule has 0 spiro atoms. The summed E-state index contributed by atoms with van der Waals surface area (Å²) >= 11 is 0. The molecule has 2 heterocycles. The Morgan fingerprint density at radius 2 is 2.12 bits per heavy atom. The molecule has 1 aliphatic rings. The molecule has 4 nitrogen and oxygen atoms in total. The number of ether oxygens (including phenoxy) is 1. The molecule has 4 heteroatoms. The van der Waals surface area contributed by atoms with Crippen molar-refractivity contribution in [1.29, 1.82) is 0 Å². The number of nitrogens with zero attached hydrogens (tertiary/aromatic N) is 2. The molecule has 1 fully saturated rings. The van der Waals surface area contributed by atoms with Crippen LogP contribution < -0.4 is 4.90 Å². The molecule has 0 amide bonds. The van der Waals surface area contributed by atoms with Gasteiger partial charge < -0.3 is 9.64 Å². The van der Waals surface area contributed by atoms with Gasteiger partial charge in [0.25, 0.3) is 0 Å². The monoisotopic (exact) mass is 234 g/mol. The molecule has 1 saturated heterocycles. The van der Waals surface area contributed by atoms with Crippen LogP contribution in [0.25, 0.3) is 0 Å². The third kappa shape index (κ3) is 2.75. The lowest BCUT2D eigenvalue weighted by atomic mass is 10.2. The first-order valence-corrected chi connectivity index (χ1v) is 6.11. The van der Waals surface area contributed by atoms with Crippen LogP contribution in [0, 0.1) is 6.92 Å². The van der Waals surface area contributed by atoms with Gasteiger partial charge in [0.05, 0.1) is 6.61 Å². The minimum atomic E-state index is -0.336. The molecular weight excluding hydrogens is 216 g/mol. The first kappa shape index (κ1) is 11.9. The fourth-order valence-corrected chi connectivity index (χ4v) is 2.12. The Balaban J connectivity index is 2.25. The van der Waals surface area contributed by atoms with Crippen LogP contribution >= 0.6 is 0 Å². The molecule has 0 radical (unpaired) electrons. The molecule has 0 N–H and O–H groups in total. The predicted octanol–water partition coefficient (Wildman–Crippen LogP) is 2.17. The zero-order valence-corrected chi connectivity index (χ0v) is 10.4. The summed E-state index contributed by atoms with van der Waals surface area (Å²) in [6.07, 6.45) is 2.44. The molecule has 1 aliphatic heterocycles. The van der Waals surface area contributed by atoms with E-state index in [4.69, 9.17) is 4.74 Å². The topological polar surface area (TPSA) is 42.4 Å². The molecule has 92 valence electrons. The van der Waals surface area contributed by atoms with Gasteiger partial charge in [0, 0.05) is 24.5 Å². The quantitative estimate of drug-likeness (QED) is 0.752. The van der Waals surface area contributed by atoms with E-state index in [0.29, 0.717) is 12.3 Å². The second-order valence-corrected chi connectivity index (χ2v) is 4.27. The Morgan fingerprint density at radius 3 is 2.76 bits per heavy atom. The van der Waals surface area contributed by atoms with E-state index >= 15 is 0 Å². The van der Waals surface area contributed by atoms with Crippen LogP contribution in [0.1, 0.15) is 35.9 Å². The van der Waals surface area contributed by atoms with E-state index in [0.717, 1.165) is 24.5 Å². The van der Waals surface area contributed by atoms with Crippen LogP contribution in [0.15, 0.2) is 12.1 Å².